The molecule has 4 aromatic rings. The standard InChI is InChI=1S/C31H27NO5/c33-27(17-16-22-9-3-1-4-10-22)28-29(32(31(35)30(28)34)20-26-15-8-18-36-26)24-13-7-14-25(19-24)37-21-23-11-5-2-6-12-23/h1-15,18-19,29,34H,16-17,20-21H2. The van der Waals surface area contributed by atoms with Gasteiger partial charge in [-0.3, -0.25) is 9.59 Å². The van der Waals surface area contributed by atoms with E-state index in [0.717, 1.165) is 11.1 Å². The number of carbonyl (C=O) groups excluding carboxylic acids is 2. The zero-order valence-electron chi connectivity index (χ0n) is 20.2. The molecule has 0 saturated heterocycles. The maximum atomic E-state index is 13.5. The van der Waals surface area contributed by atoms with Crippen molar-refractivity contribution in [2.24, 2.45) is 0 Å². The quantitative estimate of drug-likeness (QED) is 0.295. The number of benzene rings is 3. The van der Waals surface area contributed by atoms with E-state index in [-0.39, 0.29) is 24.3 Å². The topological polar surface area (TPSA) is 80.0 Å². The SMILES string of the molecule is O=C(CCc1ccccc1)C1=C(O)C(=O)N(Cc2ccco2)C1c1cccc(OCc2ccccc2)c1. The van der Waals surface area contributed by atoms with Crippen molar-refractivity contribution < 1.29 is 23.8 Å². The molecule has 1 atom stereocenters. The third-order valence-corrected chi connectivity index (χ3v) is 6.42. The molecule has 0 spiro atoms. The number of aryl methyl sites for hydroxylation is 1. The van der Waals surface area contributed by atoms with Crippen molar-refractivity contribution in [1.82, 2.24) is 4.90 Å². The van der Waals surface area contributed by atoms with Crippen LogP contribution in [0, 0.1) is 0 Å². The maximum absolute atomic E-state index is 13.5. The average Bonchev–Trinajstić information content (AvgIpc) is 3.54. The first-order valence-electron chi connectivity index (χ1n) is 12.2. The van der Waals surface area contributed by atoms with Gasteiger partial charge in [0.1, 0.15) is 18.1 Å². The molecule has 0 aliphatic carbocycles. The molecule has 3 aromatic carbocycles. The van der Waals surface area contributed by atoms with Gasteiger partial charge < -0.3 is 19.2 Å². The van der Waals surface area contributed by atoms with Gasteiger partial charge in [-0.15, -0.1) is 0 Å². The van der Waals surface area contributed by atoms with Gasteiger partial charge in [0.15, 0.2) is 11.5 Å². The highest BCUT2D eigenvalue weighted by Crippen LogP contribution is 2.40. The Morgan fingerprint density at radius 1 is 0.892 bits per heavy atom. The lowest BCUT2D eigenvalue weighted by Gasteiger charge is -2.26. The van der Waals surface area contributed by atoms with Crippen LogP contribution in [0.25, 0.3) is 0 Å². The molecule has 1 aliphatic rings. The molecule has 0 fully saturated rings. The minimum Gasteiger partial charge on any atom is -0.503 e. The summed E-state index contributed by atoms with van der Waals surface area (Å²) in [6, 6.07) is 29.5. The smallest absolute Gasteiger partial charge is 0.290 e. The molecule has 0 radical (unpaired) electrons. The number of hydrogen-bond donors (Lipinski definition) is 1. The minimum atomic E-state index is -0.763. The Hall–Kier alpha value is -4.58. The number of Topliss-reactive ketones (excluding diaryl/α,β-unsaturated/α-hetero) is 1. The molecule has 0 bridgehead atoms. The van der Waals surface area contributed by atoms with Gasteiger partial charge in [-0.2, -0.15) is 0 Å². The molecule has 1 unspecified atom stereocenters. The zero-order chi connectivity index (χ0) is 25.6. The lowest BCUT2D eigenvalue weighted by molar-refractivity contribution is -0.130. The second kappa shape index (κ2) is 11.0. The number of rotatable bonds is 10. The van der Waals surface area contributed by atoms with E-state index in [1.54, 1.807) is 12.1 Å². The fourth-order valence-electron chi connectivity index (χ4n) is 4.57. The molecule has 1 aliphatic heterocycles. The van der Waals surface area contributed by atoms with E-state index in [4.69, 9.17) is 9.15 Å². The molecule has 37 heavy (non-hydrogen) atoms. The first kappa shape index (κ1) is 24.1. The number of ether oxygens (including phenoxy) is 1. The molecule has 6 heteroatoms. The van der Waals surface area contributed by atoms with E-state index >= 15 is 0 Å². The summed E-state index contributed by atoms with van der Waals surface area (Å²) in [6.07, 6.45) is 2.21. The van der Waals surface area contributed by atoms with Gasteiger partial charge in [-0.1, -0.05) is 72.8 Å². The average molecular weight is 494 g/mol. The van der Waals surface area contributed by atoms with Crippen LogP contribution < -0.4 is 4.74 Å². The maximum Gasteiger partial charge on any atom is 0.290 e. The number of furan rings is 1. The van der Waals surface area contributed by atoms with Gasteiger partial charge >= 0.3 is 0 Å². The van der Waals surface area contributed by atoms with E-state index in [1.807, 2.05) is 84.9 Å². The number of carbonyl (C=O) groups is 2. The van der Waals surface area contributed by atoms with Gasteiger partial charge in [-0.05, 0) is 47.4 Å². The minimum absolute atomic E-state index is 0.104. The Labute approximate surface area is 215 Å². The third kappa shape index (κ3) is 5.48. The van der Waals surface area contributed by atoms with E-state index in [1.165, 1.54) is 11.2 Å². The van der Waals surface area contributed by atoms with Gasteiger partial charge in [0.25, 0.3) is 5.91 Å². The Morgan fingerprint density at radius 2 is 1.62 bits per heavy atom. The molecule has 5 rings (SSSR count). The van der Waals surface area contributed by atoms with Crippen molar-refractivity contribution in [2.45, 2.75) is 32.0 Å². The van der Waals surface area contributed by atoms with Crippen molar-refractivity contribution in [3.63, 3.8) is 0 Å². The van der Waals surface area contributed by atoms with Crippen LogP contribution in [-0.4, -0.2) is 21.7 Å². The van der Waals surface area contributed by atoms with Crippen LogP contribution in [0.2, 0.25) is 0 Å². The summed E-state index contributed by atoms with van der Waals surface area (Å²) in [5.41, 5.74) is 2.82. The van der Waals surface area contributed by atoms with Crippen LogP contribution in [0.3, 0.4) is 0 Å². The summed E-state index contributed by atoms with van der Waals surface area (Å²) in [7, 11) is 0. The van der Waals surface area contributed by atoms with E-state index in [2.05, 4.69) is 0 Å². The highest BCUT2D eigenvalue weighted by atomic mass is 16.5. The molecule has 2 heterocycles. The second-order valence-electron chi connectivity index (χ2n) is 8.93. The summed E-state index contributed by atoms with van der Waals surface area (Å²) in [5, 5.41) is 10.9. The highest BCUT2D eigenvalue weighted by molar-refractivity contribution is 6.09. The van der Waals surface area contributed by atoms with Crippen molar-refractivity contribution in [1.29, 1.82) is 0 Å². The van der Waals surface area contributed by atoms with Gasteiger partial charge in [0, 0.05) is 6.42 Å². The predicted molar refractivity (Wildman–Crippen MR) is 139 cm³/mol. The number of ketones is 1. The number of amides is 1. The number of aliphatic hydroxyl groups excluding tert-OH is 1. The number of aliphatic hydroxyl groups is 1. The van der Waals surface area contributed by atoms with Crippen molar-refractivity contribution >= 4 is 11.7 Å². The van der Waals surface area contributed by atoms with Crippen molar-refractivity contribution in [3.8, 4) is 5.75 Å². The van der Waals surface area contributed by atoms with Crippen LogP contribution in [0.5, 0.6) is 5.75 Å². The van der Waals surface area contributed by atoms with Crippen LogP contribution in [0.4, 0.5) is 0 Å². The van der Waals surface area contributed by atoms with Crippen molar-refractivity contribution in [2.75, 3.05) is 0 Å². The first-order chi connectivity index (χ1) is 18.1. The molecule has 6 nitrogen and oxygen atoms in total. The Bertz CT molecular complexity index is 1390. The molecule has 186 valence electrons. The summed E-state index contributed by atoms with van der Waals surface area (Å²) in [6.45, 7) is 0.499. The number of hydrogen-bond acceptors (Lipinski definition) is 5. The summed E-state index contributed by atoms with van der Waals surface area (Å²) in [5.74, 6) is -0.211. The van der Waals surface area contributed by atoms with Crippen LogP contribution in [0.15, 0.2) is 119 Å². The third-order valence-electron chi connectivity index (χ3n) is 6.42. The van der Waals surface area contributed by atoms with Gasteiger partial charge in [0.05, 0.1) is 24.4 Å². The highest BCUT2D eigenvalue weighted by Gasteiger charge is 2.43. The normalized spacial score (nSPS) is 15.3. The Morgan fingerprint density at radius 3 is 2.32 bits per heavy atom. The first-order valence-corrected chi connectivity index (χ1v) is 12.2. The fourth-order valence-corrected chi connectivity index (χ4v) is 4.57. The van der Waals surface area contributed by atoms with Crippen LogP contribution >= 0.6 is 0 Å². The van der Waals surface area contributed by atoms with E-state index in [0.29, 0.717) is 30.1 Å². The van der Waals surface area contributed by atoms with Gasteiger partial charge in [-0.25, -0.2) is 0 Å². The van der Waals surface area contributed by atoms with Crippen LogP contribution in [-0.2, 0) is 29.2 Å². The van der Waals surface area contributed by atoms with Crippen LogP contribution in [0.1, 0.15) is 34.9 Å². The number of nitrogens with zero attached hydrogens (tertiary/aromatic N) is 1. The van der Waals surface area contributed by atoms with Gasteiger partial charge in [0.2, 0.25) is 0 Å². The fraction of sp³-hybridized carbons (Fsp3) is 0.161. The van der Waals surface area contributed by atoms with E-state index < -0.39 is 17.7 Å². The molecule has 1 aromatic heterocycles. The molecule has 1 amide bonds. The molecule has 1 N–H and O–H groups in total. The molecular weight excluding hydrogens is 466 g/mol. The monoisotopic (exact) mass is 493 g/mol. The summed E-state index contributed by atoms with van der Waals surface area (Å²) >= 11 is 0. The largest absolute Gasteiger partial charge is 0.503 e. The second-order valence-corrected chi connectivity index (χ2v) is 8.93. The lowest BCUT2D eigenvalue weighted by atomic mass is 9.93. The molecule has 0 saturated carbocycles. The lowest BCUT2D eigenvalue weighted by Crippen LogP contribution is -2.30. The summed E-state index contributed by atoms with van der Waals surface area (Å²) in [4.78, 5) is 28.1. The molecular formula is C31H27NO5. The zero-order valence-corrected chi connectivity index (χ0v) is 20.2. The Kier molecular flexibility index (Phi) is 7.17. The Balaban J connectivity index is 1.43. The van der Waals surface area contributed by atoms with E-state index in [9.17, 15) is 14.7 Å². The summed E-state index contributed by atoms with van der Waals surface area (Å²) < 4.78 is 11.5. The van der Waals surface area contributed by atoms with Crippen molar-refractivity contribution in [3.05, 3.63) is 137 Å². The predicted octanol–water partition coefficient (Wildman–Crippen LogP) is 5.96.